The number of halogens is 2. The second-order valence-corrected chi connectivity index (χ2v) is 4.62. The number of nitrogens with zero attached hydrogens (tertiary/aromatic N) is 1. The van der Waals surface area contributed by atoms with Crippen LogP contribution in [0.2, 0.25) is 0 Å². The van der Waals surface area contributed by atoms with E-state index < -0.39 is 23.2 Å². The number of rotatable bonds is 4. The Labute approximate surface area is 111 Å². The van der Waals surface area contributed by atoms with Crippen LogP contribution in [0.25, 0.3) is 0 Å². The average molecular weight is 284 g/mol. The normalized spacial score (nSPS) is 12.2. The van der Waals surface area contributed by atoms with Gasteiger partial charge in [0.05, 0.1) is 28.5 Å². The monoisotopic (exact) mass is 284 g/mol. The van der Waals surface area contributed by atoms with Crippen molar-refractivity contribution in [3.8, 4) is 0 Å². The second-order valence-electron chi connectivity index (χ2n) is 3.90. The summed E-state index contributed by atoms with van der Waals surface area (Å²) in [5.74, 6) is -3.39. The van der Waals surface area contributed by atoms with Crippen LogP contribution in [-0.4, -0.2) is 16.1 Å². The first-order chi connectivity index (χ1) is 8.99. The van der Waals surface area contributed by atoms with Crippen molar-refractivity contribution in [1.82, 2.24) is 4.98 Å². The van der Waals surface area contributed by atoms with Gasteiger partial charge in [-0.1, -0.05) is 0 Å². The van der Waals surface area contributed by atoms with Crippen LogP contribution in [0.15, 0.2) is 23.0 Å². The zero-order valence-corrected chi connectivity index (χ0v) is 10.7. The zero-order chi connectivity index (χ0) is 14.0. The lowest BCUT2D eigenvalue weighted by Crippen LogP contribution is -2.10. The fourth-order valence-electron chi connectivity index (χ4n) is 1.57. The highest BCUT2D eigenvalue weighted by Crippen LogP contribution is 2.24. The van der Waals surface area contributed by atoms with Crippen LogP contribution in [0.4, 0.5) is 14.5 Å². The minimum Gasteiger partial charge on any atom is -0.478 e. The molecule has 0 spiro atoms. The third-order valence-electron chi connectivity index (χ3n) is 2.55. The van der Waals surface area contributed by atoms with E-state index in [9.17, 15) is 13.6 Å². The molecule has 1 atom stereocenters. The summed E-state index contributed by atoms with van der Waals surface area (Å²) in [6.07, 6.45) is 0. The summed E-state index contributed by atoms with van der Waals surface area (Å²) in [7, 11) is 0. The van der Waals surface area contributed by atoms with E-state index >= 15 is 0 Å². The number of benzene rings is 1. The molecule has 100 valence electrons. The molecule has 0 saturated carbocycles. The first-order valence-electron chi connectivity index (χ1n) is 5.36. The number of aromatic carboxylic acids is 1. The van der Waals surface area contributed by atoms with Crippen molar-refractivity contribution in [3.05, 3.63) is 45.9 Å². The van der Waals surface area contributed by atoms with Crippen LogP contribution in [0, 0.1) is 11.6 Å². The first kappa shape index (κ1) is 13.4. The molecule has 7 heteroatoms. The molecule has 0 aliphatic heterocycles. The molecule has 0 fully saturated rings. The van der Waals surface area contributed by atoms with Crippen molar-refractivity contribution in [3.63, 3.8) is 0 Å². The lowest BCUT2D eigenvalue weighted by molar-refractivity contribution is 0.0692. The maximum absolute atomic E-state index is 13.6. The zero-order valence-electron chi connectivity index (χ0n) is 9.85. The molecule has 4 nitrogen and oxygen atoms in total. The van der Waals surface area contributed by atoms with E-state index in [1.54, 1.807) is 17.8 Å². The first-order valence-corrected chi connectivity index (χ1v) is 6.30. The standard InChI is InChI=1S/C12H10F2N2O2S/c1-6(11-4-19-5-15-11)16-10-2-7(12(17)18)8(13)3-9(10)14/h2-6,16H,1H3,(H,17,18). The third kappa shape index (κ3) is 2.87. The molecule has 1 aromatic heterocycles. The molecule has 0 radical (unpaired) electrons. The molecule has 0 bridgehead atoms. The molecule has 0 saturated heterocycles. The van der Waals surface area contributed by atoms with Crippen LogP contribution < -0.4 is 5.32 Å². The van der Waals surface area contributed by atoms with E-state index in [0.717, 1.165) is 6.07 Å². The average Bonchev–Trinajstić information content (AvgIpc) is 2.85. The molecule has 1 unspecified atom stereocenters. The minimum absolute atomic E-state index is 0.0701. The van der Waals surface area contributed by atoms with Crippen LogP contribution >= 0.6 is 11.3 Å². The van der Waals surface area contributed by atoms with Gasteiger partial charge in [-0.25, -0.2) is 18.6 Å². The SMILES string of the molecule is CC(Nc1cc(C(=O)O)c(F)cc1F)c1cscn1. The summed E-state index contributed by atoms with van der Waals surface area (Å²) in [5.41, 5.74) is 1.69. The Hall–Kier alpha value is -2.02. The van der Waals surface area contributed by atoms with Crippen LogP contribution in [0.3, 0.4) is 0 Å². The predicted octanol–water partition coefficient (Wildman–Crippen LogP) is 3.29. The van der Waals surface area contributed by atoms with Crippen molar-refractivity contribution in [2.24, 2.45) is 0 Å². The lowest BCUT2D eigenvalue weighted by atomic mass is 10.1. The van der Waals surface area contributed by atoms with Gasteiger partial charge < -0.3 is 10.4 Å². The van der Waals surface area contributed by atoms with Gasteiger partial charge in [0.15, 0.2) is 0 Å². The number of carboxylic acid groups (broad SMARTS) is 1. The van der Waals surface area contributed by atoms with E-state index in [4.69, 9.17) is 5.11 Å². The van der Waals surface area contributed by atoms with Gasteiger partial charge in [0.25, 0.3) is 0 Å². The highest BCUT2D eigenvalue weighted by molar-refractivity contribution is 7.07. The van der Waals surface area contributed by atoms with Gasteiger partial charge in [0.2, 0.25) is 0 Å². The number of anilines is 1. The second kappa shape index (κ2) is 5.31. The molecule has 19 heavy (non-hydrogen) atoms. The van der Waals surface area contributed by atoms with Gasteiger partial charge in [-0.3, -0.25) is 0 Å². The molecule has 0 aliphatic rings. The number of carbonyl (C=O) groups is 1. The van der Waals surface area contributed by atoms with Crippen molar-refractivity contribution < 1.29 is 18.7 Å². The van der Waals surface area contributed by atoms with E-state index in [1.807, 2.05) is 0 Å². The largest absolute Gasteiger partial charge is 0.478 e. The summed E-state index contributed by atoms with van der Waals surface area (Å²) in [4.78, 5) is 14.9. The van der Waals surface area contributed by atoms with E-state index in [2.05, 4.69) is 10.3 Å². The maximum atomic E-state index is 13.6. The smallest absolute Gasteiger partial charge is 0.338 e. The van der Waals surface area contributed by atoms with Gasteiger partial charge in [-0.15, -0.1) is 11.3 Å². The maximum Gasteiger partial charge on any atom is 0.338 e. The quantitative estimate of drug-likeness (QED) is 0.904. The highest BCUT2D eigenvalue weighted by Gasteiger charge is 2.17. The Bertz CT molecular complexity index is 602. The summed E-state index contributed by atoms with van der Waals surface area (Å²) >= 11 is 1.39. The number of hydrogen-bond donors (Lipinski definition) is 2. The molecule has 1 heterocycles. The number of hydrogen-bond acceptors (Lipinski definition) is 4. The molecule has 0 aliphatic carbocycles. The van der Waals surface area contributed by atoms with Crippen LogP contribution in [-0.2, 0) is 0 Å². The topological polar surface area (TPSA) is 62.2 Å². The minimum atomic E-state index is -1.44. The van der Waals surface area contributed by atoms with Crippen molar-refractivity contribution in [1.29, 1.82) is 0 Å². The summed E-state index contributed by atoms with van der Waals surface area (Å²) in [6.45, 7) is 1.75. The number of aromatic nitrogens is 1. The lowest BCUT2D eigenvalue weighted by Gasteiger charge is -2.14. The Kier molecular flexibility index (Phi) is 3.75. The molecular formula is C12H10F2N2O2S. The Morgan fingerprint density at radius 3 is 2.74 bits per heavy atom. The Morgan fingerprint density at radius 1 is 1.42 bits per heavy atom. The highest BCUT2D eigenvalue weighted by atomic mass is 32.1. The van der Waals surface area contributed by atoms with Gasteiger partial charge in [-0.05, 0) is 13.0 Å². The molecule has 2 N–H and O–H groups in total. The third-order valence-corrected chi connectivity index (χ3v) is 3.16. The fraction of sp³-hybridized carbons (Fsp3) is 0.167. The van der Waals surface area contributed by atoms with Crippen molar-refractivity contribution in [2.45, 2.75) is 13.0 Å². The van der Waals surface area contributed by atoms with Crippen LogP contribution in [0.5, 0.6) is 0 Å². The molecule has 1 aromatic carbocycles. The molecular weight excluding hydrogens is 274 g/mol. The molecule has 2 rings (SSSR count). The summed E-state index contributed by atoms with van der Waals surface area (Å²) < 4.78 is 26.8. The predicted molar refractivity (Wildman–Crippen MR) is 67.5 cm³/mol. The number of nitrogens with one attached hydrogen (secondary N) is 1. The fourth-order valence-corrected chi connectivity index (χ4v) is 2.21. The van der Waals surface area contributed by atoms with Crippen molar-refractivity contribution in [2.75, 3.05) is 5.32 Å². The van der Waals surface area contributed by atoms with Crippen molar-refractivity contribution >= 4 is 23.0 Å². The van der Waals surface area contributed by atoms with E-state index in [1.165, 1.54) is 11.3 Å². The number of thiazole rings is 1. The molecule has 0 amide bonds. The summed E-state index contributed by atoms with van der Waals surface area (Å²) in [5, 5.41) is 13.4. The number of carboxylic acids is 1. The van der Waals surface area contributed by atoms with Gasteiger partial charge in [0, 0.05) is 11.4 Å². The summed E-state index contributed by atoms with van der Waals surface area (Å²) in [6, 6.07) is 1.18. The van der Waals surface area contributed by atoms with Gasteiger partial charge >= 0.3 is 5.97 Å². The van der Waals surface area contributed by atoms with Crippen LogP contribution in [0.1, 0.15) is 29.0 Å². The van der Waals surface area contributed by atoms with E-state index in [0.29, 0.717) is 11.8 Å². The Morgan fingerprint density at radius 2 is 2.16 bits per heavy atom. The van der Waals surface area contributed by atoms with Gasteiger partial charge in [0.1, 0.15) is 11.6 Å². The molecule has 2 aromatic rings. The van der Waals surface area contributed by atoms with Gasteiger partial charge in [-0.2, -0.15) is 0 Å². The Balaban J connectivity index is 2.30. The van der Waals surface area contributed by atoms with E-state index in [-0.39, 0.29) is 11.7 Å².